The molecule has 0 unspecified atom stereocenters. The zero-order chi connectivity index (χ0) is 17.4. The molecule has 2 heterocycles. The van der Waals surface area contributed by atoms with Crippen LogP contribution in [0.25, 0.3) is 22.1 Å². The van der Waals surface area contributed by atoms with Gasteiger partial charge in [-0.15, -0.1) is 11.8 Å². The molecule has 25 heavy (non-hydrogen) atoms. The first-order valence-corrected chi connectivity index (χ1v) is 8.95. The first-order valence-electron chi connectivity index (χ1n) is 7.90. The number of nitrogens with one attached hydrogen (secondary N) is 1. The number of hydrogen-bond donors (Lipinski definition) is 1. The topological polar surface area (TPSA) is 58.9 Å². The second kappa shape index (κ2) is 6.37. The molecule has 0 aliphatic heterocycles. The van der Waals surface area contributed by atoms with Crippen molar-refractivity contribution in [3.05, 3.63) is 76.1 Å². The fourth-order valence-corrected chi connectivity index (χ4v) is 3.73. The molecular formula is C19H15FN2O2S. The van der Waals surface area contributed by atoms with E-state index in [1.165, 1.54) is 17.8 Å². The Morgan fingerprint density at radius 2 is 1.96 bits per heavy atom. The van der Waals surface area contributed by atoms with Crippen molar-refractivity contribution in [3.63, 3.8) is 0 Å². The van der Waals surface area contributed by atoms with Gasteiger partial charge in [0, 0.05) is 16.2 Å². The molecule has 126 valence electrons. The van der Waals surface area contributed by atoms with E-state index >= 15 is 0 Å². The number of furan rings is 1. The van der Waals surface area contributed by atoms with E-state index in [9.17, 15) is 9.18 Å². The van der Waals surface area contributed by atoms with Crippen LogP contribution in [0.5, 0.6) is 0 Å². The highest BCUT2D eigenvalue weighted by Gasteiger charge is 2.15. The molecule has 0 spiro atoms. The highest BCUT2D eigenvalue weighted by Crippen LogP contribution is 2.32. The molecule has 1 N–H and O–H groups in total. The second-order valence-corrected chi connectivity index (χ2v) is 7.09. The van der Waals surface area contributed by atoms with Crippen molar-refractivity contribution in [2.75, 3.05) is 0 Å². The smallest absolute Gasteiger partial charge is 0.294 e. The highest BCUT2D eigenvalue weighted by molar-refractivity contribution is 7.98. The maximum atomic E-state index is 13.9. The molecule has 0 aliphatic rings. The van der Waals surface area contributed by atoms with Crippen LogP contribution in [-0.4, -0.2) is 9.97 Å². The van der Waals surface area contributed by atoms with Crippen LogP contribution in [0, 0.1) is 5.82 Å². The molecule has 4 rings (SSSR count). The SMILES string of the molecule is C[C@H](SCc1nc2c(oc3ccccc32)c(=O)[nH]1)c1ccccc1F. The number of H-pyrrole nitrogens is 1. The van der Waals surface area contributed by atoms with E-state index in [0.717, 1.165) is 5.39 Å². The first-order chi connectivity index (χ1) is 12.1. The number of nitrogens with zero attached hydrogens (tertiary/aromatic N) is 1. The van der Waals surface area contributed by atoms with Gasteiger partial charge in [-0.25, -0.2) is 9.37 Å². The highest BCUT2D eigenvalue weighted by atomic mass is 32.2. The zero-order valence-electron chi connectivity index (χ0n) is 13.5. The summed E-state index contributed by atoms with van der Waals surface area (Å²) in [6.45, 7) is 1.94. The van der Waals surface area contributed by atoms with Crippen molar-refractivity contribution in [3.8, 4) is 0 Å². The third-order valence-corrected chi connectivity index (χ3v) is 5.29. The summed E-state index contributed by atoms with van der Waals surface area (Å²) in [6, 6.07) is 14.1. The number of thioether (sulfide) groups is 1. The molecule has 0 saturated heterocycles. The van der Waals surface area contributed by atoms with Crippen LogP contribution in [0.15, 0.2) is 57.7 Å². The molecule has 6 heteroatoms. The van der Waals surface area contributed by atoms with Crippen LogP contribution >= 0.6 is 11.8 Å². The van der Waals surface area contributed by atoms with E-state index in [1.807, 2.05) is 37.3 Å². The quantitative estimate of drug-likeness (QED) is 0.572. The van der Waals surface area contributed by atoms with Crippen molar-refractivity contribution >= 4 is 33.8 Å². The predicted octanol–water partition coefficient (Wildman–Crippen LogP) is 4.80. The van der Waals surface area contributed by atoms with Gasteiger partial charge in [0.15, 0.2) is 0 Å². The molecule has 0 bridgehead atoms. The minimum atomic E-state index is -0.296. The van der Waals surface area contributed by atoms with Gasteiger partial charge in [-0.1, -0.05) is 30.3 Å². The Hall–Kier alpha value is -2.60. The lowest BCUT2D eigenvalue weighted by atomic mass is 10.1. The summed E-state index contributed by atoms with van der Waals surface area (Å²) in [5, 5.41) is 0.764. The fourth-order valence-electron chi connectivity index (χ4n) is 2.81. The number of para-hydroxylation sites is 1. The summed E-state index contributed by atoms with van der Waals surface area (Å²) in [5.41, 5.74) is 1.78. The Morgan fingerprint density at radius 3 is 2.80 bits per heavy atom. The minimum Gasteiger partial charge on any atom is -0.449 e. The molecule has 4 nitrogen and oxygen atoms in total. The summed E-state index contributed by atoms with van der Waals surface area (Å²) in [6.07, 6.45) is 0. The third kappa shape index (κ3) is 2.93. The number of hydrogen-bond acceptors (Lipinski definition) is 4. The maximum Gasteiger partial charge on any atom is 0.294 e. The Morgan fingerprint density at radius 1 is 1.20 bits per heavy atom. The number of aromatic amines is 1. The van der Waals surface area contributed by atoms with E-state index < -0.39 is 0 Å². The lowest BCUT2D eigenvalue weighted by molar-refractivity contribution is 0.611. The monoisotopic (exact) mass is 354 g/mol. The summed E-state index contributed by atoms with van der Waals surface area (Å²) in [4.78, 5) is 19.6. The third-order valence-electron chi connectivity index (χ3n) is 4.09. The van der Waals surface area contributed by atoms with Crippen molar-refractivity contribution in [1.82, 2.24) is 9.97 Å². The largest absolute Gasteiger partial charge is 0.449 e. The summed E-state index contributed by atoms with van der Waals surface area (Å²) >= 11 is 1.52. The van der Waals surface area contributed by atoms with E-state index in [4.69, 9.17) is 4.42 Å². The summed E-state index contributed by atoms with van der Waals surface area (Å²) in [7, 11) is 0. The molecule has 4 aromatic rings. The normalized spacial score (nSPS) is 12.7. The average molecular weight is 354 g/mol. The Kier molecular flexibility index (Phi) is 4.05. The predicted molar refractivity (Wildman–Crippen MR) is 98.2 cm³/mol. The van der Waals surface area contributed by atoms with Crippen LogP contribution in [-0.2, 0) is 5.75 Å². The molecule has 0 fully saturated rings. The Balaban J connectivity index is 1.65. The number of rotatable bonds is 4. The van der Waals surface area contributed by atoms with Gasteiger partial charge in [-0.3, -0.25) is 4.79 Å². The summed E-state index contributed by atoms with van der Waals surface area (Å²) in [5.74, 6) is 0.803. The van der Waals surface area contributed by atoms with Gasteiger partial charge in [0.1, 0.15) is 22.7 Å². The Bertz CT molecular complexity index is 1120. The minimum absolute atomic E-state index is 0.0525. The Labute approximate surface area is 147 Å². The van der Waals surface area contributed by atoms with Crippen molar-refractivity contribution in [2.45, 2.75) is 17.9 Å². The molecule has 0 radical (unpaired) electrons. The number of aromatic nitrogens is 2. The average Bonchev–Trinajstić information content (AvgIpc) is 3.00. The second-order valence-electron chi connectivity index (χ2n) is 5.76. The van der Waals surface area contributed by atoms with Gasteiger partial charge in [-0.05, 0) is 25.1 Å². The van der Waals surface area contributed by atoms with Gasteiger partial charge in [-0.2, -0.15) is 0 Å². The molecule has 0 amide bonds. The number of benzene rings is 2. The maximum absolute atomic E-state index is 13.9. The van der Waals surface area contributed by atoms with E-state index in [-0.39, 0.29) is 22.2 Å². The molecule has 2 aromatic heterocycles. The molecule has 0 saturated carbocycles. The molecular weight excluding hydrogens is 339 g/mol. The molecule has 1 atom stereocenters. The lowest BCUT2D eigenvalue weighted by Crippen LogP contribution is -2.10. The van der Waals surface area contributed by atoms with Crippen LogP contribution in [0.2, 0.25) is 0 Å². The molecule has 2 aromatic carbocycles. The van der Waals surface area contributed by atoms with Crippen molar-refractivity contribution in [2.24, 2.45) is 0 Å². The standard InChI is InChI=1S/C19H15FN2O2S/c1-11(12-6-2-4-8-14(12)20)25-10-16-21-17-13-7-3-5-9-15(13)24-18(17)19(23)22-16/h2-9,11H,10H2,1H3,(H,21,22,23)/t11-/m0/s1. The lowest BCUT2D eigenvalue weighted by Gasteiger charge is -2.12. The van der Waals surface area contributed by atoms with Gasteiger partial charge in [0.25, 0.3) is 5.56 Å². The van der Waals surface area contributed by atoms with Crippen molar-refractivity contribution in [1.29, 1.82) is 0 Å². The van der Waals surface area contributed by atoms with Crippen LogP contribution < -0.4 is 5.56 Å². The zero-order valence-corrected chi connectivity index (χ0v) is 14.3. The van der Waals surface area contributed by atoms with Gasteiger partial charge >= 0.3 is 0 Å². The van der Waals surface area contributed by atoms with E-state index in [1.54, 1.807) is 12.1 Å². The van der Waals surface area contributed by atoms with Gasteiger partial charge in [0.05, 0.1) is 5.75 Å². The van der Waals surface area contributed by atoms with E-state index in [2.05, 4.69) is 9.97 Å². The first kappa shape index (κ1) is 15.9. The summed E-state index contributed by atoms with van der Waals surface area (Å²) < 4.78 is 19.5. The van der Waals surface area contributed by atoms with Gasteiger partial charge < -0.3 is 9.40 Å². The number of halogens is 1. The van der Waals surface area contributed by atoms with Crippen molar-refractivity contribution < 1.29 is 8.81 Å². The van der Waals surface area contributed by atoms with Crippen LogP contribution in [0.4, 0.5) is 4.39 Å². The molecule has 0 aliphatic carbocycles. The fraction of sp³-hybridized carbons (Fsp3) is 0.158. The van der Waals surface area contributed by atoms with Crippen LogP contribution in [0.1, 0.15) is 23.6 Å². The van der Waals surface area contributed by atoms with E-state index in [0.29, 0.717) is 28.2 Å². The van der Waals surface area contributed by atoms with Crippen LogP contribution in [0.3, 0.4) is 0 Å². The number of fused-ring (bicyclic) bond motifs is 3. The van der Waals surface area contributed by atoms with Gasteiger partial charge in [0.2, 0.25) is 5.58 Å².